The van der Waals surface area contributed by atoms with Crippen LogP contribution in [0.15, 0.2) is 64.6 Å². The predicted octanol–water partition coefficient (Wildman–Crippen LogP) is 1.89. The molecule has 1 aliphatic carbocycles. The molecule has 2 aromatic carbocycles. The van der Waals surface area contributed by atoms with Crippen LogP contribution in [-0.2, 0) is 14.8 Å². The standard InChI is InChI=1S/C24H26N4O4S/c25-13-5-1-2-6-14-27-33(31,32)16-11-9-15(10-12-16)22-20-19(24(30)28-22)21(26)17-7-3-4-8-18(17)23(20)29/h3-4,7-12,27H,1-2,5-6,13-14,25-26H2,(H,28,30). The maximum Gasteiger partial charge on any atom is 0.258 e. The summed E-state index contributed by atoms with van der Waals surface area (Å²) in [6.45, 7) is 0.986. The topological polar surface area (TPSA) is 144 Å². The van der Waals surface area contributed by atoms with Crippen molar-refractivity contribution in [2.75, 3.05) is 13.1 Å². The van der Waals surface area contributed by atoms with Crippen molar-refractivity contribution in [3.05, 3.63) is 76.4 Å². The second kappa shape index (κ2) is 9.30. The number of benzene rings is 2. The van der Waals surface area contributed by atoms with E-state index in [1.54, 1.807) is 36.4 Å². The summed E-state index contributed by atoms with van der Waals surface area (Å²) >= 11 is 0. The summed E-state index contributed by atoms with van der Waals surface area (Å²) in [5.41, 5.74) is 14.1. The van der Waals surface area contributed by atoms with Crippen molar-refractivity contribution in [2.45, 2.75) is 30.6 Å². The van der Waals surface area contributed by atoms with Crippen molar-refractivity contribution in [3.8, 4) is 0 Å². The molecular weight excluding hydrogens is 440 g/mol. The molecule has 8 nitrogen and oxygen atoms in total. The van der Waals surface area contributed by atoms with Gasteiger partial charge in [-0.25, -0.2) is 13.1 Å². The molecular formula is C24H26N4O4S. The number of fused-ring (bicyclic) bond motifs is 2. The van der Waals surface area contributed by atoms with E-state index in [1.807, 2.05) is 0 Å². The number of nitrogens with two attached hydrogens (primary N) is 2. The number of sulfonamides is 1. The van der Waals surface area contributed by atoms with Crippen LogP contribution in [0.2, 0.25) is 0 Å². The molecule has 2 aromatic rings. The van der Waals surface area contributed by atoms with Crippen LogP contribution in [0.25, 0.3) is 11.4 Å². The first-order chi connectivity index (χ1) is 15.8. The third-order valence-corrected chi connectivity index (χ3v) is 7.28. The Balaban J connectivity index is 1.58. The number of amides is 1. The number of carbonyl (C=O) groups is 2. The number of rotatable bonds is 9. The molecule has 0 spiro atoms. The van der Waals surface area contributed by atoms with Crippen LogP contribution < -0.4 is 21.5 Å². The maximum absolute atomic E-state index is 13.2. The van der Waals surface area contributed by atoms with Crippen LogP contribution in [0.3, 0.4) is 0 Å². The van der Waals surface area contributed by atoms with Crippen molar-refractivity contribution in [2.24, 2.45) is 11.5 Å². The van der Waals surface area contributed by atoms with Gasteiger partial charge in [0.15, 0.2) is 5.78 Å². The van der Waals surface area contributed by atoms with Gasteiger partial charge in [0.05, 0.1) is 27.4 Å². The Bertz CT molecular complexity index is 1280. The minimum atomic E-state index is -3.66. The Morgan fingerprint density at radius 1 is 0.848 bits per heavy atom. The number of carbonyl (C=O) groups excluding carboxylic acids is 2. The molecule has 33 heavy (non-hydrogen) atoms. The first-order valence-corrected chi connectivity index (χ1v) is 12.3. The SMILES string of the molecule is NCCCCCCNS(=O)(=O)c1ccc(C2=C3C(=O)c4ccccc4C(N)=C3C(=O)N2)cc1. The van der Waals surface area contributed by atoms with Crippen molar-refractivity contribution in [1.82, 2.24) is 10.0 Å². The maximum atomic E-state index is 13.2. The van der Waals surface area contributed by atoms with Gasteiger partial charge in [0.2, 0.25) is 10.0 Å². The second-order valence-corrected chi connectivity index (χ2v) is 9.76. The van der Waals surface area contributed by atoms with Crippen LogP contribution in [0.5, 0.6) is 0 Å². The minimum absolute atomic E-state index is 0.110. The summed E-state index contributed by atoms with van der Waals surface area (Å²) in [7, 11) is -3.66. The van der Waals surface area contributed by atoms with Crippen molar-refractivity contribution in [1.29, 1.82) is 0 Å². The fraction of sp³-hybridized carbons (Fsp3) is 0.250. The molecule has 0 bridgehead atoms. The van der Waals surface area contributed by atoms with E-state index in [1.165, 1.54) is 12.1 Å². The van der Waals surface area contributed by atoms with Gasteiger partial charge < -0.3 is 16.8 Å². The highest BCUT2D eigenvalue weighted by Crippen LogP contribution is 2.39. The lowest BCUT2D eigenvalue weighted by atomic mass is 9.84. The molecule has 0 saturated heterocycles. The summed E-state index contributed by atoms with van der Waals surface area (Å²) in [5.74, 6) is -0.746. The van der Waals surface area contributed by atoms with Crippen LogP contribution in [0.4, 0.5) is 0 Å². The van der Waals surface area contributed by atoms with E-state index < -0.39 is 15.9 Å². The summed E-state index contributed by atoms with van der Waals surface area (Å²) in [6.07, 6.45) is 3.55. The number of hydrogen-bond donors (Lipinski definition) is 4. The van der Waals surface area contributed by atoms with Gasteiger partial charge in [-0.3, -0.25) is 9.59 Å². The Morgan fingerprint density at radius 2 is 1.52 bits per heavy atom. The Hall–Kier alpha value is -3.27. The van der Waals surface area contributed by atoms with E-state index in [0.29, 0.717) is 35.5 Å². The average molecular weight is 467 g/mol. The largest absolute Gasteiger partial charge is 0.398 e. The number of unbranched alkanes of at least 4 members (excludes halogenated alkanes) is 3. The van der Waals surface area contributed by atoms with Crippen molar-refractivity contribution >= 4 is 33.1 Å². The van der Waals surface area contributed by atoms with Gasteiger partial charge in [0.1, 0.15) is 0 Å². The predicted molar refractivity (Wildman–Crippen MR) is 126 cm³/mol. The lowest BCUT2D eigenvalue weighted by molar-refractivity contribution is -0.115. The van der Waals surface area contributed by atoms with Gasteiger partial charge in [-0.15, -0.1) is 0 Å². The molecule has 1 amide bonds. The molecule has 0 fully saturated rings. The third-order valence-electron chi connectivity index (χ3n) is 5.80. The summed E-state index contributed by atoms with van der Waals surface area (Å²) in [5, 5.41) is 2.73. The van der Waals surface area contributed by atoms with E-state index in [0.717, 1.165) is 25.7 Å². The minimum Gasteiger partial charge on any atom is -0.398 e. The van der Waals surface area contributed by atoms with Gasteiger partial charge in [-0.2, -0.15) is 0 Å². The van der Waals surface area contributed by atoms with Gasteiger partial charge >= 0.3 is 0 Å². The molecule has 172 valence electrons. The first-order valence-electron chi connectivity index (χ1n) is 10.8. The molecule has 0 atom stereocenters. The van der Waals surface area contributed by atoms with E-state index in [4.69, 9.17) is 11.5 Å². The summed E-state index contributed by atoms with van der Waals surface area (Å²) in [4.78, 5) is 25.9. The molecule has 1 aliphatic heterocycles. The van der Waals surface area contributed by atoms with Gasteiger partial charge in [-0.1, -0.05) is 49.2 Å². The second-order valence-electron chi connectivity index (χ2n) is 7.99. The molecule has 4 rings (SSSR count). The molecule has 6 N–H and O–H groups in total. The molecule has 0 saturated carbocycles. The van der Waals surface area contributed by atoms with Crippen LogP contribution in [0, 0.1) is 0 Å². The van der Waals surface area contributed by atoms with Crippen LogP contribution in [0.1, 0.15) is 47.2 Å². The lowest BCUT2D eigenvalue weighted by Crippen LogP contribution is -2.24. The molecule has 9 heteroatoms. The molecule has 0 unspecified atom stereocenters. The highest BCUT2D eigenvalue weighted by atomic mass is 32.2. The fourth-order valence-corrected chi connectivity index (χ4v) is 5.15. The normalized spacial score (nSPS) is 15.5. The zero-order valence-corrected chi connectivity index (χ0v) is 18.9. The number of Topliss-reactive ketones (excluding diaryl/α,β-unsaturated/α-hetero) is 1. The van der Waals surface area contributed by atoms with Gasteiger partial charge in [0, 0.05) is 17.7 Å². The summed E-state index contributed by atoms with van der Waals surface area (Å²) < 4.78 is 27.7. The Kier molecular flexibility index (Phi) is 6.46. The Morgan fingerprint density at radius 3 is 2.21 bits per heavy atom. The van der Waals surface area contributed by atoms with Crippen LogP contribution >= 0.6 is 0 Å². The smallest absolute Gasteiger partial charge is 0.258 e. The van der Waals surface area contributed by atoms with Crippen molar-refractivity contribution in [3.63, 3.8) is 0 Å². The van der Waals surface area contributed by atoms with Crippen molar-refractivity contribution < 1.29 is 18.0 Å². The van der Waals surface area contributed by atoms with E-state index in [2.05, 4.69) is 10.0 Å². The fourth-order valence-electron chi connectivity index (χ4n) is 4.08. The number of hydrogen-bond acceptors (Lipinski definition) is 6. The Labute approximate surface area is 192 Å². The monoisotopic (exact) mass is 466 g/mol. The first kappa shape index (κ1) is 22.9. The van der Waals surface area contributed by atoms with Gasteiger partial charge in [-0.05, 0) is 37.1 Å². The zero-order valence-electron chi connectivity index (χ0n) is 18.1. The van der Waals surface area contributed by atoms with Gasteiger partial charge in [0.25, 0.3) is 5.91 Å². The molecule has 0 radical (unpaired) electrons. The molecule has 0 aromatic heterocycles. The molecule has 2 aliphatic rings. The number of nitrogens with one attached hydrogen (secondary N) is 2. The summed E-state index contributed by atoms with van der Waals surface area (Å²) in [6, 6.07) is 12.9. The van der Waals surface area contributed by atoms with Crippen LogP contribution in [-0.4, -0.2) is 33.2 Å². The quantitative estimate of drug-likeness (QED) is 0.415. The lowest BCUT2D eigenvalue weighted by Gasteiger charge is -2.18. The average Bonchev–Trinajstić information content (AvgIpc) is 3.17. The zero-order chi connectivity index (χ0) is 23.6. The van der Waals surface area contributed by atoms with E-state index in [-0.39, 0.29) is 27.5 Å². The van der Waals surface area contributed by atoms with E-state index in [9.17, 15) is 18.0 Å². The molecule has 1 heterocycles. The number of ketones is 1. The van der Waals surface area contributed by atoms with E-state index >= 15 is 0 Å². The third kappa shape index (κ3) is 4.35. The highest BCUT2D eigenvalue weighted by molar-refractivity contribution is 7.89. The highest BCUT2D eigenvalue weighted by Gasteiger charge is 2.39.